The van der Waals surface area contributed by atoms with Gasteiger partial charge in [-0.15, -0.1) is 0 Å². The minimum atomic E-state index is 0.138. The molecule has 0 saturated carbocycles. The molecule has 1 aliphatic heterocycles. The average Bonchev–Trinajstić information content (AvgIpc) is 2.74. The van der Waals surface area contributed by atoms with Gasteiger partial charge in [0.2, 0.25) is 5.91 Å². The molecule has 1 saturated heterocycles. The molecule has 1 aliphatic rings. The molecule has 2 aromatic carbocycles. The van der Waals surface area contributed by atoms with Crippen LogP contribution in [0.15, 0.2) is 54.6 Å². The minimum absolute atomic E-state index is 0.138. The summed E-state index contributed by atoms with van der Waals surface area (Å²) in [6, 6.07) is 18.8. The lowest BCUT2D eigenvalue weighted by Gasteiger charge is -2.34. The van der Waals surface area contributed by atoms with E-state index in [-0.39, 0.29) is 11.9 Å². The molecule has 1 amide bonds. The predicted octanol–water partition coefficient (Wildman–Crippen LogP) is 4.16. The second kappa shape index (κ2) is 10.2. The summed E-state index contributed by atoms with van der Waals surface area (Å²) in [7, 11) is 0. The number of aryl methyl sites for hydroxylation is 2. The third-order valence-corrected chi connectivity index (χ3v) is 5.60. The number of hydrogen-bond donors (Lipinski definition) is 2. The Labute approximate surface area is 173 Å². The molecule has 3 rings (SSSR count). The van der Waals surface area contributed by atoms with Gasteiger partial charge in [0, 0.05) is 31.2 Å². The van der Waals surface area contributed by atoms with Crippen LogP contribution in [-0.2, 0) is 17.6 Å². The van der Waals surface area contributed by atoms with Crippen LogP contribution >= 0.6 is 12.2 Å². The van der Waals surface area contributed by atoms with Gasteiger partial charge in [0.1, 0.15) is 0 Å². The van der Waals surface area contributed by atoms with Gasteiger partial charge in [-0.2, -0.15) is 0 Å². The topological polar surface area (TPSA) is 44.4 Å². The molecule has 148 valence electrons. The van der Waals surface area contributed by atoms with E-state index in [0.717, 1.165) is 49.6 Å². The second-order valence-electron chi connectivity index (χ2n) is 7.30. The summed E-state index contributed by atoms with van der Waals surface area (Å²) in [6.45, 7) is 3.88. The van der Waals surface area contributed by atoms with Gasteiger partial charge in [-0.05, 0) is 61.2 Å². The zero-order valence-electron chi connectivity index (χ0n) is 16.5. The van der Waals surface area contributed by atoms with Crippen molar-refractivity contribution < 1.29 is 4.79 Å². The number of nitrogens with zero attached hydrogens (tertiary/aromatic N) is 1. The number of nitrogens with one attached hydrogen (secondary N) is 2. The Hall–Kier alpha value is -2.40. The largest absolute Gasteiger partial charge is 0.353 e. The van der Waals surface area contributed by atoms with Gasteiger partial charge >= 0.3 is 0 Å². The number of carbonyl (C=O) groups is 1. The van der Waals surface area contributed by atoms with Crippen LogP contribution in [-0.4, -0.2) is 35.1 Å². The molecule has 0 aromatic heterocycles. The first-order chi connectivity index (χ1) is 13.6. The smallest absolute Gasteiger partial charge is 0.220 e. The lowest BCUT2D eigenvalue weighted by molar-refractivity contribution is -0.122. The zero-order chi connectivity index (χ0) is 19.8. The van der Waals surface area contributed by atoms with E-state index in [1.165, 1.54) is 11.1 Å². The summed E-state index contributed by atoms with van der Waals surface area (Å²) in [4.78, 5) is 14.4. The molecule has 0 spiro atoms. The Morgan fingerprint density at radius 2 is 1.71 bits per heavy atom. The van der Waals surface area contributed by atoms with Crippen LogP contribution in [0.3, 0.4) is 0 Å². The maximum atomic E-state index is 12.2. The van der Waals surface area contributed by atoms with Crippen molar-refractivity contribution in [2.45, 2.75) is 45.1 Å². The van der Waals surface area contributed by atoms with Crippen LogP contribution in [0.25, 0.3) is 0 Å². The second-order valence-corrected chi connectivity index (χ2v) is 7.68. The summed E-state index contributed by atoms with van der Waals surface area (Å²) in [5.41, 5.74) is 3.55. The highest BCUT2D eigenvalue weighted by molar-refractivity contribution is 7.80. The number of hydrogen-bond acceptors (Lipinski definition) is 2. The Bertz CT molecular complexity index is 768. The maximum Gasteiger partial charge on any atom is 0.220 e. The van der Waals surface area contributed by atoms with Crippen molar-refractivity contribution in [2.24, 2.45) is 0 Å². The summed E-state index contributed by atoms with van der Waals surface area (Å²) in [6.07, 6.45) is 4.21. The number of likely N-dealkylation sites (tertiary alicyclic amines) is 1. The summed E-state index contributed by atoms with van der Waals surface area (Å²) >= 11 is 5.57. The quantitative estimate of drug-likeness (QED) is 0.721. The molecule has 2 N–H and O–H groups in total. The molecule has 1 heterocycles. The Morgan fingerprint density at radius 1 is 1.04 bits per heavy atom. The molecule has 28 heavy (non-hydrogen) atoms. The standard InChI is InChI=1S/C23H29N3OS/c1-2-18-8-11-20(12-9-18)25-23(28)26-16-14-21(15-17-26)24-22(27)13-10-19-6-4-3-5-7-19/h3-9,11-12,21H,2,10,13-17H2,1H3,(H,24,27)(H,25,28). The third-order valence-electron chi connectivity index (χ3n) is 5.24. The normalized spacial score (nSPS) is 14.5. The van der Waals surface area contributed by atoms with E-state index in [1.807, 2.05) is 18.2 Å². The van der Waals surface area contributed by atoms with Crippen LogP contribution in [0.1, 0.15) is 37.3 Å². The molecule has 0 bridgehead atoms. The molecule has 0 unspecified atom stereocenters. The predicted molar refractivity (Wildman–Crippen MR) is 120 cm³/mol. The fourth-order valence-electron chi connectivity index (χ4n) is 3.46. The van der Waals surface area contributed by atoms with E-state index >= 15 is 0 Å². The molecule has 0 atom stereocenters. The first-order valence-electron chi connectivity index (χ1n) is 10.1. The maximum absolute atomic E-state index is 12.2. The summed E-state index contributed by atoms with van der Waals surface area (Å²) in [5, 5.41) is 7.27. The van der Waals surface area contributed by atoms with Gasteiger partial charge in [0.15, 0.2) is 5.11 Å². The van der Waals surface area contributed by atoms with Crippen molar-refractivity contribution in [3.63, 3.8) is 0 Å². The number of anilines is 1. The van der Waals surface area contributed by atoms with Crippen LogP contribution in [0.2, 0.25) is 0 Å². The van der Waals surface area contributed by atoms with Gasteiger partial charge in [0.25, 0.3) is 0 Å². The third kappa shape index (κ3) is 6.06. The molecule has 0 radical (unpaired) electrons. The number of thiocarbonyl (C=S) groups is 1. The van der Waals surface area contributed by atoms with Crippen LogP contribution in [0.4, 0.5) is 5.69 Å². The van der Waals surface area contributed by atoms with E-state index in [2.05, 4.69) is 58.9 Å². The molecule has 5 heteroatoms. The van der Waals surface area contributed by atoms with Gasteiger partial charge in [-0.1, -0.05) is 49.4 Å². The van der Waals surface area contributed by atoms with E-state index < -0.39 is 0 Å². The molecule has 2 aromatic rings. The Morgan fingerprint density at radius 3 is 2.36 bits per heavy atom. The van der Waals surface area contributed by atoms with Crippen molar-refractivity contribution in [2.75, 3.05) is 18.4 Å². The van der Waals surface area contributed by atoms with Gasteiger partial charge in [-0.3, -0.25) is 4.79 Å². The molecule has 4 nitrogen and oxygen atoms in total. The fourth-order valence-corrected chi connectivity index (χ4v) is 3.76. The fraction of sp³-hybridized carbons (Fsp3) is 0.391. The average molecular weight is 396 g/mol. The SMILES string of the molecule is CCc1ccc(NC(=S)N2CCC(NC(=O)CCc3ccccc3)CC2)cc1. The van der Waals surface area contributed by atoms with Crippen LogP contribution < -0.4 is 10.6 Å². The lowest BCUT2D eigenvalue weighted by atomic mass is 10.0. The first kappa shape index (κ1) is 20.3. The van der Waals surface area contributed by atoms with Crippen molar-refractivity contribution >= 4 is 28.9 Å². The number of amides is 1. The van der Waals surface area contributed by atoms with Gasteiger partial charge < -0.3 is 15.5 Å². The van der Waals surface area contributed by atoms with E-state index in [9.17, 15) is 4.79 Å². The molecule has 0 aliphatic carbocycles. The van der Waals surface area contributed by atoms with Gasteiger partial charge in [-0.25, -0.2) is 0 Å². The Balaban J connectivity index is 1.38. The molecule has 1 fully saturated rings. The highest BCUT2D eigenvalue weighted by atomic mass is 32.1. The molecular weight excluding hydrogens is 366 g/mol. The minimum Gasteiger partial charge on any atom is -0.353 e. The Kier molecular flexibility index (Phi) is 7.43. The monoisotopic (exact) mass is 395 g/mol. The highest BCUT2D eigenvalue weighted by Gasteiger charge is 2.22. The summed E-state index contributed by atoms with van der Waals surface area (Å²) < 4.78 is 0. The van der Waals surface area contributed by atoms with E-state index in [1.54, 1.807) is 0 Å². The number of carbonyl (C=O) groups excluding carboxylic acids is 1. The van der Waals surface area contributed by atoms with Gasteiger partial charge in [0.05, 0.1) is 0 Å². The number of rotatable bonds is 6. The van der Waals surface area contributed by atoms with Crippen LogP contribution in [0.5, 0.6) is 0 Å². The van der Waals surface area contributed by atoms with E-state index in [4.69, 9.17) is 12.2 Å². The number of piperidine rings is 1. The summed E-state index contributed by atoms with van der Waals surface area (Å²) in [5.74, 6) is 0.138. The molecular formula is C23H29N3OS. The van der Waals surface area contributed by atoms with Crippen molar-refractivity contribution in [1.29, 1.82) is 0 Å². The van der Waals surface area contributed by atoms with Crippen molar-refractivity contribution in [3.05, 3.63) is 65.7 Å². The lowest BCUT2D eigenvalue weighted by Crippen LogP contribution is -2.47. The van der Waals surface area contributed by atoms with Crippen LogP contribution in [0, 0.1) is 0 Å². The number of benzene rings is 2. The van der Waals surface area contributed by atoms with Crippen molar-refractivity contribution in [1.82, 2.24) is 10.2 Å². The zero-order valence-corrected chi connectivity index (χ0v) is 17.3. The highest BCUT2D eigenvalue weighted by Crippen LogP contribution is 2.15. The first-order valence-corrected chi connectivity index (χ1v) is 10.5. The van der Waals surface area contributed by atoms with E-state index in [0.29, 0.717) is 6.42 Å². The van der Waals surface area contributed by atoms with Crippen molar-refractivity contribution in [3.8, 4) is 0 Å².